The van der Waals surface area contributed by atoms with Gasteiger partial charge in [-0.25, -0.2) is 0 Å². The summed E-state index contributed by atoms with van der Waals surface area (Å²) in [6, 6.07) is 3.64. The van der Waals surface area contributed by atoms with E-state index in [0.29, 0.717) is 31.9 Å². The van der Waals surface area contributed by atoms with Crippen molar-refractivity contribution < 1.29 is 9.53 Å². The van der Waals surface area contributed by atoms with Crippen molar-refractivity contribution in [2.45, 2.75) is 20.3 Å². The number of rotatable bonds is 7. The van der Waals surface area contributed by atoms with Crippen molar-refractivity contribution >= 4 is 5.91 Å². The van der Waals surface area contributed by atoms with Gasteiger partial charge in [-0.1, -0.05) is 0 Å². The summed E-state index contributed by atoms with van der Waals surface area (Å²) in [6.07, 6.45) is 0.782. The van der Waals surface area contributed by atoms with E-state index in [1.807, 2.05) is 19.9 Å². The number of nitrogens with one attached hydrogen (secondary N) is 1. The zero-order valence-electron chi connectivity index (χ0n) is 11.0. The maximum absolute atomic E-state index is 11.9. The lowest BCUT2D eigenvalue weighted by atomic mass is 10.1. The maximum atomic E-state index is 11.9. The van der Waals surface area contributed by atoms with Crippen molar-refractivity contribution in [3.05, 3.63) is 29.1 Å². The predicted octanol–water partition coefficient (Wildman–Crippen LogP) is 0.794. The highest BCUT2D eigenvalue weighted by atomic mass is 16.5. The number of nitrogens with two attached hydrogens (primary N) is 1. The Morgan fingerprint density at radius 3 is 2.83 bits per heavy atom. The maximum Gasteiger partial charge on any atom is 0.253 e. The van der Waals surface area contributed by atoms with Crippen LogP contribution in [-0.2, 0) is 4.74 Å². The zero-order chi connectivity index (χ0) is 13.4. The summed E-state index contributed by atoms with van der Waals surface area (Å²) < 4.78 is 5.22. The number of pyridine rings is 1. The Labute approximate surface area is 108 Å². The Balaban J connectivity index is 2.32. The molecule has 1 aromatic heterocycles. The normalized spacial score (nSPS) is 10.4. The van der Waals surface area contributed by atoms with Gasteiger partial charge in [0.2, 0.25) is 0 Å². The molecule has 0 saturated carbocycles. The lowest BCUT2D eigenvalue weighted by Gasteiger charge is -2.08. The van der Waals surface area contributed by atoms with Crippen LogP contribution in [0.4, 0.5) is 0 Å². The van der Waals surface area contributed by atoms with Crippen LogP contribution in [0.25, 0.3) is 0 Å². The van der Waals surface area contributed by atoms with E-state index < -0.39 is 0 Å². The molecule has 18 heavy (non-hydrogen) atoms. The lowest BCUT2D eigenvalue weighted by Crippen LogP contribution is -2.26. The van der Waals surface area contributed by atoms with Crippen LogP contribution in [0.15, 0.2) is 12.1 Å². The van der Waals surface area contributed by atoms with Crippen LogP contribution in [0.2, 0.25) is 0 Å². The Morgan fingerprint density at radius 2 is 2.17 bits per heavy atom. The van der Waals surface area contributed by atoms with Crippen LogP contribution in [0.5, 0.6) is 0 Å². The molecule has 1 amide bonds. The molecule has 0 aliphatic heterocycles. The molecular formula is C13H21N3O2. The molecule has 1 heterocycles. The molecule has 0 unspecified atom stereocenters. The minimum atomic E-state index is -0.0844. The van der Waals surface area contributed by atoms with Gasteiger partial charge in [0.25, 0.3) is 5.91 Å². The first kappa shape index (κ1) is 14.6. The highest BCUT2D eigenvalue weighted by Crippen LogP contribution is 2.05. The number of carbonyl (C=O) groups excluding carboxylic acids is 1. The summed E-state index contributed by atoms with van der Waals surface area (Å²) in [5.41, 5.74) is 7.60. The van der Waals surface area contributed by atoms with Gasteiger partial charge < -0.3 is 15.8 Å². The largest absolute Gasteiger partial charge is 0.380 e. The Hall–Kier alpha value is -1.46. The molecule has 100 valence electrons. The second kappa shape index (κ2) is 7.79. The average molecular weight is 251 g/mol. The first-order valence-corrected chi connectivity index (χ1v) is 6.15. The highest BCUT2D eigenvalue weighted by Gasteiger charge is 2.08. The van der Waals surface area contributed by atoms with E-state index in [-0.39, 0.29) is 5.91 Å². The number of carbonyl (C=O) groups is 1. The summed E-state index contributed by atoms with van der Waals surface area (Å²) in [7, 11) is 0. The van der Waals surface area contributed by atoms with Crippen molar-refractivity contribution in [1.29, 1.82) is 0 Å². The van der Waals surface area contributed by atoms with Crippen molar-refractivity contribution in [2.24, 2.45) is 5.73 Å². The van der Waals surface area contributed by atoms with Gasteiger partial charge in [0.05, 0.1) is 17.9 Å². The average Bonchev–Trinajstić information content (AvgIpc) is 2.33. The first-order valence-electron chi connectivity index (χ1n) is 6.15. The third-order valence-corrected chi connectivity index (χ3v) is 2.48. The summed E-state index contributed by atoms with van der Waals surface area (Å²) in [5, 5.41) is 2.85. The van der Waals surface area contributed by atoms with Crippen LogP contribution < -0.4 is 11.1 Å². The number of ether oxygens (including phenoxy) is 1. The van der Waals surface area contributed by atoms with E-state index >= 15 is 0 Å². The molecule has 5 nitrogen and oxygen atoms in total. The van der Waals surface area contributed by atoms with Crippen LogP contribution >= 0.6 is 0 Å². The second-order valence-corrected chi connectivity index (χ2v) is 4.10. The number of amides is 1. The van der Waals surface area contributed by atoms with Gasteiger partial charge in [-0.2, -0.15) is 0 Å². The van der Waals surface area contributed by atoms with E-state index in [0.717, 1.165) is 17.8 Å². The zero-order valence-corrected chi connectivity index (χ0v) is 11.0. The smallest absolute Gasteiger partial charge is 0.253 e. The molecule has 1 rings (SSSR count). The van der Waals surface area contributed by atoms with Gasteiger partial charge >= 0.3 is 0 Å². The van der Waals surface area contributed by atoms with E-state index in [9.17, 15) is 4.79 Å². The number of hydrogen-bond acceptors (Lipinski definition) is 4. The van der Waals surface area contributed by atoms with E-state index in [1.54, 1.807) is 6.07 Å². The standard InChI is InChI=1S/C13H21N3O2/c1-10-4-5-12(11(2)16-10)13(17)15-7-3-8-18-9-6-14/h4-5H,3,6-9,14H2,1-2H3,(H,15,17). The van der Waals surface area contributed by atoms with Gasteiger partial charge in [0.15, 0.2) is 0 Å². The molecule has 0 fully saturated rings. The SMILES string of the molecule is Cc1ccc(C(=O)NCCCOCCN)c(C)n1. The monoisotopic (exact) mass is 251 g/mol. The van der Waals surface area contributed by atoms with Gasteiger partial charge in [0, 0.05) is 25.4 Å². The van der Waals surface area contributed by atoms with E-state index in [2.05, 4.69) is 10.3 Å². The molecule has 0 aliphatic rings. The molecule has 0 spiro atoms. The number of aromatic nitrogens is 1. The van der Waals surface area contributed by atoms with Crippen molar-refractivity contribution in [2.75, 3.05) is 26.3 Å². The number of nitrogens with zero attached hydrogens (tertiary/aromatic N) is 1. The third kappa shape index (κ3) is 4.81. The fourth-order valence-corrected chi connectivity index (χ4v) is 1.58. The first-order chi connectivity index (χ1) is 8.65. The van der Waals surface area contributed by atoms with Gasteiger partial charge in [-0.3, -0.25) is 9.78 Å². The second-order valence-electron chi connectivity index (χ2n) is 4.10. The molecule has 0 saturated heterocycles. The fourth-order valence-electron chi connectivity index (χ4n) is 1.58. The summed E-state index contributed by atoms with van der Waals surface area (Å²) in [5.74, 6) is -0.0844. The topological polar surface area (TPSA) is 77.2 Å². The number of aryl methyl sites for hydroxylation is 2. The molecule has 3 N–H and O–H groups in total. The van der Waals surface area contributed by atoms with Crippen molar-refractivity contribution in [3.63, 3.8) is 0 Å². The van der Waals surface area contributed by atoms with Gasteiger partial charge in [-0.05, 0) is 32.4 Å². The minimum absolute atomic E-state index is 0.0844. The van der Waals surface area contributed by atoms with Crippen LogP contribution in [-0.4, -0.2) is 37.2 Å². The molecule has 0 radical (unpaired) electrons. The Bertz CT molecular complexity index is 394. The number of hydrogen-bond donors (Lipinski definition) is 2. The molecule has 0 bridgehead atoms. The highest BCUT2D eigenvalue weighted by molar-refractivity contribution is 5.95. The summed E-state index contributed by atoms with van der Waals surface area (Å²) >= 11 is 0. The van der Waals surface area contributed by atoms with E-state index in [4.69, 9.17) is 10.5 Å². The fraction of sp³-hybridized carbons (Fsp3) is 0.538. The van der Waals surface area contributed by atoms with Crippen molar-refractivity contribution in [3.8, 4) is 0 Å². The van der Waals surface area contributed by atoms with E-state index in [1.165, 1.54) is 0 Å². The Morgan fingerprint density at radius 1 is 1.39 bits per heavy atom. The van der Waals surface area contributed by atoms with Gasteiger partial charge in [0.1, 0.15) is 0 Å². The summed E-state index contributed by atoms with van der Waals surface area (Å²) in [4.78, 5) is 16.1. The molecule has 1 aromatic rings. The van der Waals surface area contributed by atoms with Crippen LogP contribution in [0.1, 0.15) is 28.2 Å². The summed E-state index contributed by atoms with van der Waals surface area (Å²) in [6.45, 7) is 6.05. The Kier molecular flexibility index (Phi) is 6.32. The van der Waals surface area contributed by atoms with Crippen LogP contribution in [0.3, 0.4) is 0 Å². The quantitative estimate of drug-likeness (QED) is 0.702. The predicted molar refractivity (Wildman–Crippen MR) is 70.5 cm³/mol. The molecule has 0 aliphatic carbocycles. The lowest BCUT2D eigenvalue weighted by molar-refractivity contribution is 0.0942. The van der Waals surface area contributed by atoms with Crippen molar-refractivity contribution in [1.82, 2.24) is 10.3 Å². The molecule has 5 heteroatoms. The van der Waals surface area contributed by atoms with Crippen LogP contribution in [0, 0.1) is 13.8 Å². The molecular weight excluding hydrogens is 230 g/mol. The third-order valence-electron chi connectivity index (χ3n) is 2.48. The molecule has 0 aromatic carbocycles. The molecule has 0 atom stereocenters. The minimum Gasteiger partial charge on any atom is -0.380 e. The van der Waals surface area contributed by atoms with Gasteiger partial charge in [-0.15, -0.1) is 0 Å².